The van der Waals surface area contributed by atoms with Gasteiger partial charge in [0.1, 0.15) is 0 Å². The molecule has 30 heavy (non-hydrogen) atoms. The van der Waals surface area contributed by atoms with Crippen molar-refractivity contribution in [3.63, 3.8) is 0 Å². The van der Waals surface area contributed by atoms with Crippen molar-refractivity contribution >= 4 is 26.9 Å². The fourth-order valence-corrected chi connectivity index (χ4v) is 5.61. The minimum atomic E-state index is -3.56. The maximum absolute atomic E-state index is 13.2. The Morgan fingerprint density at radius 1 is 1.13 bits per heavy atom. The van der Waals surface area contributed by atoms with Crippen molar-refractivity contribution in [2.75, 3.05) is 13.2 Å². The third-order valence-corrected chi connectivity index (χ3v) is 7.46. The Bertz CT molecular complexity index is 1180. The Kier molecular flexibility index (Phi) is 5.66. The molecule has 0 radical (unpaired) electrons. The lowest BCUT2D eigenvalue weighted by Gasteiger charge is -2.27. The average molecular weight is 427 g/mol. The minimum absolute atomic E-state index is 0.218. The molecule has 0 N–H and O–H groups in total. The predicted molar refractivity (Wildman–Crippen MR) is 116 cm³/mol. The van der Waals surface area contributed by atoms with Gasteiger partial charge in [-0.25, -0.2) is 8.42 Å². The summed E-state index contributed by atoms with van der Waals surface area (Å²) < 4.78 is 35.1. The summed E-state index contributed by atoms with van der Waals surface area (Å²) in [5.74, 6) is -0.218. The van der Waals surface area contributed by atoms with Crippen molar-refractivity contribution in [1.82, 2.24) is 8.87 Å². The molecule has 0 saturated carbocycles. The van der Waals surface area contributed by atoms with Crippen LogP contribution in [0.5, 0.6) is 0 Å². The fourth-order valence-electron chi connectivity index (χ4n) is 4.18. The SMILES string of the molecule is CCOC(=O)CCn1c2c(c3cc(C)ccc31)CN(S(=O)(=O)c1ccccc1)CC2. The van der Waals surface area contributed by atoms with E-state index in [1.807, 2.05) is 19.1 Å². The maximum atomic E-state index is 13.2. The number of benzene rings is 2. The van der Waals surface area contributed by atoms with Crippen LogP contribution >= 0.6 is 0 Å². The van der Waals surface area contributed by atoms with Gasteiger partial charge in [-0.1, -0.05) is 29.8 Å². The zero-order valence-electron chi connectivity index (χ0n) is 17.3. The number of carbonyl (C=O) groups is 1. The highest BCUT2D eigenvalue weighted by atomic mass is 32.2. The molecule has 1 aliphatic heterocycles. The summed E-state index contributed by atoms with van der Waals surface area (Å²) in [5, 5.41) is 1.06. The van der Waals surface area contributed by atoms with Gasteiger partial charge in [0.05, 0.1) is 17.9 Å². The highest BCUT2D eigenvalue weighted by Gasteiger charge is 2.31. The molecule has 0 spiro atoms. The van der Waals surface area contributed by atoms with Crippen LogP contribution in [0.15, 0.2) is 53.4 Å². The van der Waals surface area contributed by atoms with E-state index in [4.69, 9.17) is 4.74 Å². The van der Waals surface area contributed by atoms with E-state index in [0.717, 1.165) is 27.7 Å². The molecular formula is C23H26N2O4S. The van der Waals surface area contributed by atoms with E-state index >= 15 is 0 Å². The molecule has 0 bridgehead atoms. The highest BCUT2D eigenvalue weighted by molar-refractivity contribution is 7.89. The van der Waals surface area contributed by atoms with Crippen LogP contribution in [0, 0.1) is 6.92 Å². The fraction of sp³-hybridized carbons (Fsp3) is 0.348. The number of hydrogen-bond donors (Lipinski definition) is 0. The predicted octanol–water partition coefficient (Wildman–Crippen LogP) is 3.65. The second-order valence-electron chi connectivity index (χ2n) is 7.55. The number of hydrogen-bond acceptors (Lipinski definition) is 4. The van der Waals surface area contributed by atoms with Gasteiger partial charge in [-0.3, -0.25) is 4.79 Å². The lowest BCUT2D eigenvalue weighted by atomic mass is 10.0. The van der Waals surface area contributed by atoms with E-state index < -0.39 is 10.0 Å². The lowest BCUT2D eigenvalue weighted by Crippen LogP contribution is -2.36. The van der Waals surface area contributed by atoms with Crippen LogP contribution < -0.4 is 0 Å². The van der Waals surface area contributed by atoms with Crippen LogP contribution in [0.3, 0.4) is 0 Å². The molecule has 7 heteroatoms. The molecule has 0 amide bonds. The number of carbonyl (C=O) groups excluding carboxylic acids is 1. The molecular weight excluding hydrogens is 400 g/mol. The van der Waals surface area contributed by atoms with Crippen molar-refractivity contribution in [2.45, 2.75) is 44.7 Å². The molecule has 6 nitrogen and oxygen atoms in total. The number of sulfonamides is 1. The second kappa shape index (κ2) is 8.24. The number of aromatic nitrogens is 1. The summed E-state index contributed by atoms with van der Waals surface area (Å²) in [7, 11) is -3.56. The standard InChI is InChI=1S/C23H26N2O4S/c1-3-29-23(26)12-14-25-21-10-9-17(2)15-19(21)20-16-24(13-11-22(20)25)30(27,28)18-7-5-4-6-8-18/h4-10,15H,3,11-14,16H2,1-2H3. The van der Waals surface area contributed by atoms with Crippen molar-refractivity contribution in [2.24, 2.45) is 0 Å². The van der Waals surface area contributed by atoms with E-state index in [1.54, 1.807) is 35.5 Å². The number of fused-ring (bicyclic) bond motifs is 3. The molecule has 1 aliphatic rings. The molecule has 0 atom stereocenters. The van der Waals surface area contributed by atoms with Gasteiger partial charge in [-0.05, 0) is 43.7 Å². The smallest absolute Gasteiger partial charge is 0.307 e. The van der Waals surface area contributed by atoms with Crippen LogP contribution in [0.2, 0.25) is 0 Å². The van der Waals surface area contributed by atoms with Gasteiger partial charge in [0.15, 0.2) is 0 Å². The van der Waals surface area contributed by atoms with Gasteiger partial charge in [0.2, 0.25) is 10.0 Å². The van der Waals surface area contributed by atoms with Crippen molar-refractivity contribution in [1.29, 1.82) is 0 Å². The monoisotopic (exact) mass is 426 g/mol. The van der Waals surface area contributed by atoms with Crippen LogP contribution in [0.1, 0.15) is 30.2 Å². The van der Waals surface area contributed by atoms with E-state index in [0.29, 0.717) is 44.0 Å². The number of aryl methyl sites for hydroxylation is 2. The quantitative estimate of drug-likeness (QED) is 0.564. The van der Waals surface area contributed by atoms with Crippen molar-refractivity contribution < 1.29 is 17.9 Å². The zero-order valence-corrected chi connectivity index (χ0v) is 18.1. The first-order chi connectivity index (χ1) is 14.4. The van der Waals surface area contributed by atoms with E-state index in [2.05, 4.69) is 16.7 Å². The number of nitrogens with zero attached hydrogens (tertiary/aromatic N) is 2. The van der Waals surface area contributed by atoms with Gasteiger partial charge in [0, 0.05) is 42.7 Å². The molecule has 2 aromatic carbocycles. The van der Waals surface area contributed by atoms with Gasteiger partial charge in [-0.15, -0.1) is 0 Å². The summed E-state index contributed by atoms with van der Waals surface area (Å²) in [5.41, 5.74) is 4.30. The topological polar surface area (TPSA) is 68.6 Å². The molecule has 3 aromatic rings. The van der Waals surface area contributed by atoms with Crippen LogP contribution in [-0.4, -0.2) is 36.4 Å². The summed E-state index contributed by atoms with van der Waals surface area (Å²) >= 11 is 0. The van der Waals surface area contributed by atoms with Gasteiger partial charge >= 0.3 is 5.97 Å². The van der Waals surface area contributed by atoms with Crippen LogP contribution in [-0.2, 0) is 39.1 Å². The third-order valence-electron chi connectivity index (χ3n) is 5.60. The van der Waals surface area contributed by atoms with E-state index in [1.165, 1.54) is 0 Å². The summed E-state index contributed by atoms with van der Waals surface area (Å²) in [6, 6.07) is 14.8. The number of rotatable bonds is 6. The molecule has 0 unspecified atom stereocenters. The largest absolute Gasteiger partial charge is 0.466 e. The molecule has 0 fully saturated rings. The summed E-state index contributed by atoms with van der Waals surface area (Å²) in [6.45, 7) is 5.48. The number of esters is 1. The Morgan fingerprint density at radius 2 is 1.90 bits per heavy atom. The molecule has 4 rings (SSSR count). The third kappa shape index (κ3) is 3.75. The number of ether oxygens (including phenoxy) is 1. The van der Waals surface area contributed by atoms with E-state index in [-0.39, 0.29) is 5.97 Å². The second-order valence-corrected chi connectivity index (χ2v) is 9.49. The Morgan fingerprint density at radius 3 is 2.63 bits per heavy atom. The summed E-state index contributed by atoms with van der Waals surface area (Å²) in [4.78, 5) is 12.2. The molecule has 0 aliphatic carbocycles. The van der Waals surface area contributed by atoms with Gasteiger partial charge < -0.3 is 9.30 Å². The van der Waals surface area contributed by atoms with E-state index in [9.17, 15) is 13.2 Å². The lowest BCUT2D eigenvalue weighted by molar-refractivity contribution is -0.143. The van der Waals surface area contributed by atoms with Gasteiger partial charge in [0.25, 0.3) is 0 Å². The first-order valence-electron chi connectivity index (χ1n) is 10.2. The van der Waals surface area contributed by atoms with Crippen LogP contribution in [0.25, 0.3) is 10.9 Å². The van der Waals surface area contributed by atoms with Crippen molar-refractivity contribution in [3.05, 3.63) is 65.4 Å². The normalized spacial score (nSPS) is 14.6. The molecule has 158 valence electrons. The Balaban J connectivity index is 1.72. The molecule has 0 saturated heterocycles. The van der Waals surface area contributed by atoms with Gasteiger partial charge in [-0.2, -0.15) is 4.31 Å². The zero-order chi connectivity index (χ0) is 21.3. The summed E-state index contributed by atoms with van der Waals surface area (Å²) in [6.07, 6.45) is 0.905. The molecule has 2 heterocycles. The minimum Gasteiger partial charge on any atom is -0.466 e. The average Bonchev–Trinajstić information content (AvgIpc) is 3.05. The maximum Gasteiger partial charge on any atom is 0.307 e. The highest BCUT2D eigenvalue weighted by Crippen LogP contribution is 2.34. The Hall–Kier alpha value is -2.64. The van der Waals surface area contributed by atoms with Crippen LogP contribution in [0.4, 0.5) is 0 Å². The molecule has 1 aromatic heterocycles. The first kappa shape index (κ1) is 20.6. The first-order valence-corrected chi connectivity index (χ1v) is 11.7. The van der Waals surface area contributed by atoms with Crippen molar-refractivity contribution in [3.8, 4) is 0 Å². The Labute approximate surface area is 177 Å².